The van der Waals surface area contributed by atoms with E-state index in [1.165, 1.54) is 12.1 Å². The summed E-state index contributed by atoms with van der Waals surface area (Å²) in [4.78, 5) is 15.4. The number of anilines is 1. The van der Waals surface area contributed by atoms with Crippen molar-refractivity contribution in [3.05, 3.63) is 59.0 Å². The highest BCUT2D eigenvalue weighted by atomic mass is 19.4. The number of nitrogens with one attached hydrogen (secondary N) is 3. The Labute approximate surface area is 154 Å². The molecule has 5 nitrogen and oxygen atoms in total. The quantitative estimate of drug-likeness (QED) is 0.502. The number of hydrogen-bond acceptors (Lipinski definition) is 3. The van der Waals surface area contributed by atoms with Crippen LogP contribution in [0.5, 0.6) is 0 Å². The second-order valence-electron chi connectivity index (χ2n) is 5.90. The van der Waals surface area contributed by atoms with E-state index in [4.69, 9.17) is 0 Å². The molecule has 0 aliphatic rings. The van der Waals surface area contributed by atoms with Crippen LogP contribution in [-0.4, -0.2) is 24.1 Å². The molecule has 1 aromatic carbocycles. The van der Waals surface area contributed by atoms with E-state index in [0.717, 1.165) is 12.3 Å². The Morgan fingerprint density at radius 3 is 2.52 bits per heavy atom. The molecule has 0 aliphatic carbocycles. The standard InChI is InChI=1S/C18H20F4N4O/c1-12-3-4-13(9-15(12)19)10-26-17(27)24-8-2-7-23-16-6-5-14(11-25-16)18(20,21)22/h3-6,9,11H,2,7-8,10H2,1H3,(H,23,25)(H2,24,26,27). The largest absolute Gasteiger partial charge is 0.417 e. The maximum Gasteiger partial charge on any atom is 0.417 e. The fraction of sp³-hybridized carbons (Fsp3) is 0.333. The first-order valence-electron chi connectivity index (χ1n) is 8.29. The van der Waals surface area contributed by atoms with Gasteiger partial charge in [-0.25, -0.2) is 14.2 Å². The summed E-state index contributed by atoms with van der Waals surface area (Å²) in [5.41, 5.74) is 0.390. The fourth-order valence-electron chi connectivity index (χ4n) is 2.16. The fourth-order valence-corrected chi connectivity index (χ4v) is 2.16. The van der Waals surface area contributed by atoms with Gasteiger partial charge in [0, 0.05) is 25.8 Å². The zero-order valence-electron chi connectivity index (χ0n) is 14.7. The minimum Gasteiger partial charge on any atom is -0.370 e. The Balaban J connectivity index is 1.62. The number of urea groups is 1. The van der Waals surface area contributed by atoms with Crippen molar-refractivity contribution in [2.75, 3.05) is 18.4 Å². The van der Waals surface area contributed by atoms with Gasteiger partial charge in [-0.15, -0.1) is 0 Å². The number of benzene rings is 1. The van der Waals surface area contributed by atoms with Gasteiger partial charge in [0.1, 0.15) is 11.6 Å². The molecule has 146 valence electrons. The number of halogens is 4. The van der Waals surface area contributed by atoms with Gasteiger partial charge in [0.15, 0.2) is 0 Å². The van der Waals surface area contributed by atoms with Crippen LogP contribution in [0.2, 0.25) is 0 Å². The van der Waals surface area contributed by atoms with Gasteiger partial charge in [0.25, 0.3) is 0 Å². The molecule has 1 heterocycles. The molecule has 0 spiro atoms. The second kappa shape index (κ2) is 9.20. The monoisotopic (exact) mass is 384 g/mol. The first kappa shape index (κ1) is 20.5. The van der Waals surface area contributed by atoms with Crippen molar-refractivity contribution in [1.82, 2.24) is 15.6 Å². The minimum atomic E-state index is -4.41. The molecular weight excluding hydrogens is 364 g/mol. The third-order valence-corrected chi connectivity index (χ3v) is 3.73. The first-order valence-corrected chi connectivity index (χ1v) is 8.29. The number of carbonyl (C=O) groups is 1. The van der Waals surface area contributed by atoms with Gasteiger partial charge >= 0.3 is 12.2 Å². The average Bonchev–Trinajstić information content (AvgIpc) is 2.62. The number of amides is 2. The lowest BCUT2D eigenvalue weighted by atomic mass is 10.1. The lowest BCUT2D eigenvalue weighted by Gasteiger charge is -2.10. The summed E-state index contributed by atoms with van der Waals surface area (Å²) in [6, 6.07) is 6.57. The molecule has 0 aliphatic heterocycles. The topological polar surface area (TPSA) is 66.1 Å². The average molecular weight is 384 g/mol. The molecule has 2 amide bonds. The number of pyridine rings is 1. The van der Waals surface area contributed by atoms with Crippen LogP contribution in [0.25, 0.3) is 0 Å². The lowest BCUT2D eigenvalue weighted by molar-refractivity contribution is -0.137. The van der Waals surface area contributed by atoms with Crippen molar-refractivity contribution < 1.29 is 22.4 Å². The summed E-state index contributed by atoms with van der Waals surface area (Å²) in [7, 11) is 0. The molecular formula is C18H20F4N4O. The molecule has 0 atom stereocenters. The Morgan fingerprint density at radius 2 is 1.89 bits per heavy atom. The van der Waals surface area contributed by atoms with Gasteiger partial charge in [-0.2, -0.15) is 13.2 Å². The number of carbonyl (C=O) groups excluding carboxylic acids is 1. The Hall–Kier alpha value is -2.84. The number of rotatable bonds is 7. The van der Waals surface area contributed by atoms with Gasteiger partial charge in [0.2, 0.25) is 0 Å². The van der Waals surface area contributed by atoms with Crippen LogP contribution in [0.3, 0.4) is 0 Å². The van der Waals surface area contributed by atoms with Crippen LogP contribution < -0.4 is 16.0 Å². The highest BCUT2D eigenvalue weighted by Crippen LogP contribution is 2.28. The number of alkyl halides is 3. The molecule has 0 saturated carbocycles. The van der Waals surface area contributed by atoms with E-state index in [1.54, 1.807) is 19.1 Å². The minimum absolute atomic E-state index is 0.205. The van der Waals surface area contributed by atoms with Gasteiger partial charge in [-0.3, -0.25) is 0 Å². The predicted octanol–water partition coefficient (Wildman–Crippen LogP) is 3.85. The van der Waals surface area contributed by atoms with Crippen LogP contribution in [0, 0.1) is 12.7 Å². The molecule has 27 heavy (non-hydrogen) atoms. The highest BCUT2D eigenvalue weighted by Gasteiger charge is 2.30. The predicted molar refractivity (Wildman–Crippen MR) is 93.7 cm³/mol. The summed E-state index contributed by atoms with van der Waals surface area (Å²) in [5.74, 6) is 0.00603. The summed E-state index contributed by atoms with van der Waals surface area (Å²) >= 11 is 0. The van der Waals surface area contributed by atoms with Crippen molar-refractivity contribution >= 4 is 11.8 Å². The van der Waals surface area contributed by atoms with Crippen molar-refractivity contribution in [3.63, 3.8) is 0 Å². The van der Waals surface area contributed by atoms with Gasteiger partial charge in [-0.1, -0.05) is 12.1 Å². The van der Waals surface area contributed by atoms with Crippen LogP contribution in [0.15, 0.2) is 36.5 Å². The number of aryl methyl sites for hydroxylation is 1. The van der Waals surface area contributed by atoms with Crippen LogP contribution in [0.1, 0.15) is 23.1 Å². The molecule has 2 rings (SSSR count). The smallest absolute Gasteiger partial charge is 0.370 e. The highest BCUT2D eigenvalue weighted by molar-refractivity contribution is 5.73. The Kier molecular flexibility index (Phi) is 6.98. The van der Waals surface area contributed by atoms with E-state index in [2.05, 4.69) is 20.9 Å². The zero-order chi connectivity index (χ0) is 19.9. The molecule has 0 fully saturated rings. The van der Waals surface area contributed by atoms with Gasteiger partial charge in [0.05, 0.1) is 5.56 Å². The number of nitrogens with zero attached hydrogens (tertiary/aromatic N) is 1. The number of hydrogen-bond donors (Lipinski definition) is 3. The van der Waals surface area contributed by atoms with E-state index in [-0.39, 0.29) is 18.4 Å². The van der Waals surface area contributed by atoms with Crippen molar-refractivity contribution in [1.29, 1.82) is 0 Å². The van der Waals surface area contributed by atoms with E-state index in [1.807, 2.05) is 0 Å². The van der Waals surface area contributed by atoms with E-state index in [0.29, 0.717) is 36.5 Å². The maximum absolute atomic E-state index is 13.4. The van der Waals surface area contributed by atoms with Gasteiger partial charge in [-0.05, 0) is 42.7 Å². The van der Waals surface area contributed by atoms with Crippen molar-refractivity contribution in [3.8, 4) is 0 Å². The molecule has 0 saturated heterocycles. The van der Waals surface area contributed by atoms with E-state index < -0.39 is 11.7 Å². The normalized spacial score (nSPS) is 11.1. The summed E-state index contributed by atoms with van der Waals surface area (Å²) in [6.07, 6.45) is -3.09. The molecule has 0 bridgehead atoms. The molecule has 0 radical (unpaired) electrons. The molecule has 3 N–H and O–H groups in total. The zero-order valence-corrected chi connectivity index (χ0v) is 14.7. The SMILES string of the molecule is Cc1ccc(CNC(=O)NCCCNc2ccc(C(F)(F)F)cn2)cc1F. The summed E-state index contributed by atoms with van der Waals surface area (Å²) in [5, 5.41) is 8.13. The second-order valence-corrected chi connectivity index (χ2v) is 5.90. The third kappa shape index (κ3) is 6.76. The van der Waals surface area contributed by atoms with Crippen molar-refractivity contribution in [2.24, 2.45) is 0 Å². The van der Waals surface area contributed by atoms with E-state index >= 15 is 0 Å². The molecule has 2 aromatic rings. The number of aromatic nitrogens is 1. The van der Waals surface area contributed by atoms with Crippen LogP contribution >= 0.6 is 0 Å². The third-order valence-electron chi connectivity index (χ3n) is 3.73. The molecule has 9 heteroatoms. The van der Waals surface area contributed by atoms with Crippen molar-refractivity contribution in [2.45, 2.75) is 26.1 Å². The van der Waals surface area contributed by atoms with Crippen LogP contribution in [0.4, 0.5) is 28.2 Å². The van der Waals surface area contributed by atoms with E-state index in [9.17, 15) is 22.4 Å². The first-order chi connectivity index (χ1) is 12.8. The molecule has 1 aromatic heterocycles. The van der Waals surface area contributed by atoms with Crippen LogP contribution in [-0.2, 0) is 12.7 Å². The Morgan fingerprint density at radius 1 is 1.11 bits per heavy atom. The van der Waals surface area contributed by atoms with Gasteiger partial charge < -0.3 is 16.0 Å². The molecule has 0 unspecified atom stereocenters. The maximum atomic E-state index is 13.4. The lowest BCUT2D eigenvalue weighted by Crippen LogP contribution is -2.36. The summed E-state index contributed by atoms with van der Waals surface area (Å²) in [6.45, 7) is 2.66. The Bertz CT molecular complexity index is 763. The summed E-state index contributed by atoms with van der Waals surface area (Å²) < 4.78 is 50.7.